The molecule has 0 fully saturated rings. The topological polar surface area (TPSA) is 101 Å². The Labute approximate surface area is 166 Å². The SMILES string of the molecule is CCOC(=O)C1=C(C)N=C2SC(C#N)=C(N)N2[C@H]1c1cc(Cl)ccc1OC. The van der Waals surface area contributed by atoms with Crippen LogP contribution in [-0.2, 0) is 9.53 Å². The van der Waals surface area contributed by atoms with Gasteiger partial charge in [-0.2, -0.15) is 5.26 Å². The Hall–Kier alpha value is -2.63. The third-order valence-electron chi connectivity index (χ3n) is 4.16. The molecule has 0 saturated carbocycles. The lowest BCUT2D eigenvalue weighted by Gasteiger charge is -2.35. The van der Waals surface area contributed by atoms with Crippen LogP contribution < -0.4 is 10.5 Å². The highest BCUT2D eigenvalue weighted by atomic mass is 35.5. The maximum Gasteiger partial charge on any atom is 0.338 e. The molecule has 1 aromatic carbocycles. The fraction of sp³-hybridized carbons (Fsp3) is 0.278. The number of carbonyl (C=O) groups is 1. The first-order valence-corrected chi connectivity index (χ1v) is 9.29. The van der Waals surface area contributed by atoms with E-state index in [1.54, 1.807) is 36.9 Å². The Kier molecular flexibility index (Phi) is 5.35. The molecule has 27 heavy (non-hydrogen) atoms. The Morgan fingerprint density at radius 1 is 1.52 bits per heavy atom. The molecule has 2 aliphatic heterocycles. The normalized spacial score (nSPS) is 18.9. The standard InChI is InChI=1S/C18H17ClN4O3S/c1-4-26-17(24)14-9(2)22-18-23(16(21)13(8-20)27-18)15(14)11-7-10(19)5-6-12(11)25-3/h5-7,15H,4,21H2,1-3H3/t15-/m0/s1. The fourth-order valence-corrected chi connectivity index (χ4v) is 4.12. The van der Waals surface area contributed by atoms with E-state index in [-0.39, 0.29) is 12.4 Å². The average molecular weight is 405 g/mol. The van der Waals surface area contributed by atoms with Crippen LogP contribution in [0.3, 0.4) is 0 Å². The number of allylic oxidation sites excluding steroid dienone is 2. The van der Waals surface area contributed by atoms with Crippen LogP contribution >= 0.6 is 23.4 Å². The van der Waals surface area contributed by atoms with Crippen molar-refractivity contribution in [2.75, 3.05) is 13.7 Å². The summed E-state index contributed by atoms with van der Waals surface area (Å²) < 4.78 is 10.7. The van der Waals surface area contributed by atoms with Crippen molar-refractivity contribution in [1.82, 2.24) is 4.90 Å². The van der Waals surface area contributed by atoms with E-state index in [0.29, 0.717) is 37.7 Å². The molecule has 0 amide bonds. The molecule has 0 spiro atoms. The van der Waals surface area contributed by atoms with Crippen LogP contribution in [0.4, 0.5) is 0 Å². The number of rotatable bonds is 4. The lowest BCUT2D eigenvalue weighted by atomic mass is 9.93. The second kappa shape index (κ2) is 7.55. The maximum atomic E-state index is 12.7. The number of aliphatic imine (C=N–C) groups is 1. The van der Waals surface area contributed by atoms with Gasteiger partial charge in [0, 0.05) is 10.6 Å². The van der Waals surface area contributed by atoms with Crippen molar-refractivity contribution in [3.8, 4) is 11.8 Å². The molecule has 3 rings (SSSR count). The molecule has 0 aromatic heterocycles. The van der Waals surface area contributed by atoms with Crippen molar-refractivity contribution in [3.63, 3.8) is 0 Å². The van der Waals surface area contributed by atoms with Crippen molar-refractivity contribution in [2.24, 2.45) is 10.7 Å². The molecule has 0 aliphatic carbocycles. The Morgan fingerprint density at radius 2 is 2.26 bits per heavy atom. The van der Waals surface area contributed by atoms with Crippen LogP contribution in [0.1, 0.15) is 25.5 Å². The molecule has 0 radical (unpaired) electrons. The minimum atomic E-state index is -0.677. The lowest BCUT2D eigenvalue weighted by Crippen LogP contribution is -2.39. The summed E-state index contributed by atoms with van der Waals surface area (Å²) in [5.41, 5.74) is 7.66. The number of halogens is 1. The predicted molar refractivity (Wildman–Crippen MR) is 104 cm³/mol. The summed E-state index contributed by atoms with van der Waals surface area (Å²) in [6.07, 6.45) is 0. The molecule has 0 unspecified atom stereocenters. The van der Waals surface area contributed by atoms with E-state index >= 15 is 0 Å². The summed E-state index contributed by atoms with van der Waals surface area (Å²) in [6.45, 7) is 3.67. The molecule has 140 valence electrons. The number of carbonyl (C=O) groups excluding carboxylic acids is 1. The average Bonchev–Trinajstić information content (AvgIpc) is 2.96. The minimum Gasteiger partial charge on any atom is -0.496 e. The molecule has 9 heteroatoms. The van der Waals surface area contributed by atoms with Crippen molar-refractivity contribution in [1.29, 1.82) is 5.26 Å². The Balaban J connectivity index is 2.26. The number of esters is 1. The zero-order valence-electron chi connectivity index (χ0n) is 14.9. The predicted octanol–water partition coefficient (Wildman–Crippen LogP) is 3.30. The molecule has 0 saturated heterocycles. The highest BCUT2D eigenvalue weighted by Crippen LogP contribution is 2.47. The Morgan fingerprint density at radius 3 is 2.89 bits per heavy atom. The number of amidine groups is 1. The molecule has 7 nitrogen and oxygen atoms in total. The summed E-state index contributed by atoms with van der Waals surface area (Å²) in [5, 5.41) is 10.4. The Bertz CT molecular complexity index is 948. The van der Waals surface area contributed by atoms with E-state index in [1.807, 2.05) is 0 Å². The summed E-state index contributed by atoms with van der Waals surface area (Å²) in [6, 6.07) is 6.52. The first-order chi connectivity index (χ1) is 12.9. The largest absolute Gasteiger partial charge is 0.496 e. The number of hydrogen-bond acceptors (Lipinski definition) is 8. The molecular weight excluding hydrogens is 388 g/mol. The highest BCUT2D eigenvalue weighted by Gasteiger charge is 2.43. The number of ether oxygens (including phenoxy) is 2. The first-order valence-electron chi connectivity index (χ1n) is 8.09. The molecule has 1 aromatic rings. The zero-order chi connectivity index (χ0) is 19.7. The second-order valence-corrected chi connectivity index (χ2v) is 7.11. The third-order valence-corrected chi connectivity index (χ3v) is 5.37. The quantitative estimate of drug-likeness (QED) is 0.768. The van der Waals surface area contributed by atoms with E-state index in [9.17, 15) is 10.1 Å². The van der Waals surface area contributed by atoms with Gasteiger partial charge in [-0.1, -0.05) is 11.6 Å². The number of hydrogen-bond donors (Lipinski definition) is 1. The maximum absolute atomic E-state index is 12.7. The summed E-state index contributed by atoms with van der Waals surface area (Å²) in [7, 11) is 1.53. The van der Waals surface area contributed by atoms with Gasteiger partial charge >= 0.3 is 5.97 Å². The van der Waals surface area contributed by atoms with Crippen LogP contribution in [-0.4, -0.2) is 29.8 Å². The lowest BCUT2D eigenvalue weighted by molar-refractivity contribution is -0.139. The van der Waals surface area contributed by atoms with E-state index in [2.05, 4.69) is 11.1 Å². The van der Waals surface area contributed by atoms with Crippen LogP contribution in [0.5, 0.6) is 5.75 Å². The number of benzene rings is 1. The van der Waals surface area contributed by atoms with E-state index in [1.165, 1.54) is 7.11 Å². The first kappa shape index (κ1) is 19.1. The van der Waals surface area contributed by atoms with Gasteiger partial charge in [0.25, 0.3) is 0 Å². The molecular formula is C18H17ClN4O3S. The summed E-state index contributed by atoms with van der Waals surface area (Å²) in [5.74, 6) is 0.249. The second-order valence-electron chi connectivity index (χ2n) is 5.70. The smallest absolute Gasteiger partial charge is 0.338 e. The number of nitriles is 1. The fourth-order valence-electron chi connectivity index (χ4n) is 3.02. The molecule has 2 N–H and O–H groups in total. The van der Waals surface area contributed by atoms with Gasteiger partial charge in [-0.15, -0.1) is 0 Å². The molecule has 2 aliphatic rings. The minimum absolute atomic E-state index is 0.217. The number of nitrogens with two attached hydrogens (primary N) is 1. The van der Waals surface area contributed by atoms with Crippen LogP contribution in [0, 0.1) is 11.3 Å². The molecule has 2 heterocycles. The van der Waals surface area contributed by atoms with Gasteiger partial charge in [0.1, 0.15) is 28.6 Å². The van der Waals surface area contributed by atoms with Gasteiger partial charge in [-0.25, -0.2) is 9.79 Å². The van der Waals surface area contributed by atoms with Crippen molar-refractivity contribution >= 4 is 34.5 Å². The number of nitrogens with zero attached hydrogens (tertiary/aromatic N) is 3. The summed E-state index contributed by atoms with van der Waals surface area (Å²) >= 11 is 7.37. The monoisotopic (exact) mass is 404 g/mol. The zero-order valence-corrected chi connectivity index (χ0v) is 16.5. The highest BCUT2D eigenvalue weighted by molar-refractivity contribution is 8.17. The third kappa shape index (κ3) is 3.24. The number of fused-ring (bicyclic) bond motifs is 1. The summed E-state index contributed by atoms with van der Waals surface area (Å²) in [4.78, 5) is 19.2. The van der Waals surface area contributed by atoms with Gasteiger partial charge in [-0.3, -0.25) is 4.90 Å². The molecule has 0 bridgehead atoms. The van der Waals surface area contributed by atoms with E-state index < -0.39 is 12.0 Å². The molecule has 1 atom stereocenters. The van der Waals surface area contributed by atoms with Crippen LogP contribution in [0.15, 0.2) is 45.2 Å². The van der Waals surface area contributed by atoms with Gasteiger partial charge in [-0.05, 0) is 43.8 Å². The van der Waals surface area contributed by atoms with E-state index in [0.717, 1.165) is 11.8 Å². The van der Waals surface area contributed by atoms with Crippen LogP contribution in [0.2, 0.25) is 5.02 Å². The van der Waals surface area contributed by atoms with Crippen LogP contribution in [0.25, 0.3) is 0 Å². The van der Waals surface area contributed by atoms with Gasteiger partial charge in [0.05, 0.1) is 25.0 Å². The van der Waals surface area contributed by atoms with E-state index in [4.69, 9.17) is 26.8 Å². The number of thioether (sulfide) groups is 1. The van der Waals surface area contributed by atoms with Crippen molar-refractivity contribution in [3.05, 3.63) is 50.8 Å². The van der Waals surface area contributed by atoms with Crippen molar-refractivity contribution in [2.45, 2.75) is 19.9 Å². The number of methoxy groups -OCH3 is 1. The van der Waals surface area contributed by atoms with Gasteiger partial charge in [0.15, 0.2) is 5.17 Å². The van der Waals surface area contributed by atoms with Crippen molar-refractivity contribution < 1.29 is 14.3 Å². The van der Waals surface area contributed by atoms with Gasteiger partial charge in [0.2, 0.25) is 0 Å². The van der Waals surface area contributed by atoms with Gasteiger partial charge < -0.3 is 15.2 Å².